The molecular formula is C20H25NO4S. The summed E-state index contributed by atoms with van der Waals surface area (Å²) in [6, 6.07) is 8.19. The summed E-state index contributed by atoms with van der Waals surface area (Å²) >= 11 is 1.65. The lowest BCUT2D eigenvalue weighted by Gasteiger charge is -2.43. The molecule has 5 nitrogen and oxygen atoms in total. The van der Waals surface area contributed by atoms with Crippen molar-refractivity contribution in [3.8, 4) is 10.6 Å². The molecule has 2 saturated heterocycles. The van der Waals surface area contributed by atoms with Gasteiger partial charge in [-0.05, 0) is 49.3 Å². The van der Waals surface area contributed by atoms with E-state index in [2.05, 4.69) is 5.32 Å². The van der Waals surface area contributed by atoms with Gasteiger partial charge in [0, 0.05) is 38.7 Å². The van der Waals surface area contributed by atoms with Gasteiger partial charge in [-0.25, -0.2) is 0 Å². The first-order chi connectivity index (χ1) is 12.7. The van der Waals surface area contributed by atoms with E-state index >= 15 is 0 Å². The number of aryl methyl sites for hydroxylation is 1. The van der Waals surface area contributed by atoms with Crippen molar-refractivity contribution in [2.24, 2.45) is 0 Å². The predicted octanol–water partition coefficient (Wildman–Crippen LogP) is 3.79. The second-order valence-electron chi connectivity index (χ2n) is 7.14. The van der Waals surface area contributed by atoms with Crippen LogP contribution in [0.25, 0.3) is 10.6 Å². The van der Waals surface area contributed by atoms with Gasteiger partial charge in [0.1, 0.15) is 11.5 Å². The average Bonchev–Trinajstić information content (AvgIpc) is 3.32. The van der Waals surface area contributed by atoms with E-state index in [9.17, 15) is 4.79 Å². The van der Waals surface area contributed by atoms with Gasteiger partial charge in [0.2, 0.25) is 5.91 Å². The van der Waals surface area contributed by atoms with Crippen molar-refractivity contribution in [1.82, 2.24) is 5.32 Å². The van der Waals surface area contributed by atoms with Gasteiger partial charge in [0.05, 0.1) is 10.5 Å². The summed E-state index contributed by atoms with van der Waals surface area (Å²) in [6.45, 7) is 2.23. The molecule has 0 bridgehead atoms. The number of nitrogens with one attached hydrogen (secondary N) is 1. The van der Waals surface area contributed by atoms with Crippen LogP contribution < -0.4 is 5.32 Å². The third kappa shape index (κ3) is 4.19. The maximum atomic E-state index is 12.4. The third-order valence-corrected chi connectivity index (χ3v) is 6.17. The van der Waals surface area contributed by atoms with Crippen molar-refractivity contribution in [3.05, 3.63) is 35.4 Å². The van der Waals surface area contributed by atoms with E-state index in [-0.39, 0.29) is 17.6 Å². The monoisotopic (exact) mass is 375 g/mol. The second kappa shape index (κ2) is 7.94. The first-order valence-electron chi connectivity index (χ1n) is 9.36. The van der Waals surface area contributed by atoms with E-state index in [1.165, 1.54) is 0 Å². The summed E-state index contributed by atoms with van der Waals surface area (Å²) in [5.41, 5.74) is -0.0922. The van der Waals surface area contributed by atoms with Gasteiger partial charge in [-0.15, -0.1) is 11.3 Å². The van der Waals surface area contributed by atoms with Crippen LogP contribution in [0.3, 0.4) is 0 Å². The number of rotatable bonds is 5. The molecule has 1 amide bonds. The second-order valence-corrected chi connectivity index (χ2v) is 8.09. The van der Waals surface area contributed by atoms with Crippen LogP contribution in [-0.4, -0.2) is 37.4 Å². The quantitative estimate of drug-likeness (QED) is 0.864. The van der Waals surface area contributed by atoms with Crippen LogP contribution in [0.5, 0.6) is 0 Å². The highest BCUT2D eigenvalue weighted by atomic mass is 32.1. The molecule has 0 saturated carbocycles. The zero-order chi connectivity index (χ0) is 17.8. The normalized spacial score (nSPS) is 22.4. The smallest absolute Gasteiger partial charge is 0.220 e. The first kappa shape index (κ1) is 17.8. The number of ether oxygens (including phenoxy) is 2. The molecule has 4 rings (SSSR count). The molecule has 1 N–H and O–H groups in total. The molecule has 26 heavy (non-hydrogen) atoms. The van der Waals surface area contributed by atoms with E-state index in [0.29, 0.717) is 19.4 Å². The number of amides is 1. The number of furan rings is 1. The summed E-state index contributed by atoms with van der Waals surface area (Å²) in [5.74, 6) is 1.82. The van der Waals surface area contributed by atoms with Crippen LogP contribution in [-0.2, 0) is 20.7 Å². The zero-order valence-electron chi connectivity index (χ0n) is 14.9. The van der Waals surface area contributed by atoms with Crippen molar-refractivity contribution in [3.63, 3.8) is 0 Å². The predicted molar refractivity (Wildman–Crippen MR) is 100 cm³/mol. The van der Waals surface area contributed by atoms with Gasteiger partial charge in [-0.1, -0.05) is 6.07 Å². The minimum Gasteiger partial charge on any atom is -0.460 e. The van der Waals surface area contributed by atoms with E-state index in [4.69, 9.17) is 13.9 Å². The Hall–Kier alpha value is -1.63. The molecule has 2 aromatic heterocycles. The fourth-order valence-corrected chi connectivity index (χ4v) is 4.53. The number of hydrogen-bond donors (Lipinski definition) is 1. The molecule has 0 aliphatic carbocycles. The molecular weight excluding hydrogens is 350 g/mol. The van der Waals surface area contributed by atoms with E-state index in [1.54, 1.807) is 11.3 Å². The van der Waals surface area contributed by atoms with Crippen molar-refractivity contribution in [2.75, 3.05) is 19.8 Å². The molecule has 2 fully saturated rings. The van der Waals surface area contributed by atoms with Crippen LogP contribution in [0, 0.1) is 0 Å². The number of carbonyl (C=O) groups is 1. The standard InChI is InChI=1S/C20H25NO4S/c22-19(6-4-16-3-5-17(25-16)18-2-1-13-26-18)21-15-7-10-24-20(14-15)8-11-23-12-9-20/h1-3,5,13,15H,4,6-12,14H2,(H,21,22). The summed E-state index contributed by atoms with van der Waals surface area (Å²) < 4.78 is 17.3. The first-order valence-corrected chi connectivity index (χ1v) is 10.2. The van der Waals surface area contributed by atoms with E-state index < -0.39 is 0 Å². The van der Waals surface area contributed by atoms with Gasteiger partial charge in [-0.2, -0.15) is 0 Å². The zero-order valence-corrected chi connectivity index (χ0v) is 15.7. The van der Waals surface area contributed by atoms with Crippen molar-refractivity contribution < 1.29 is 18.7 Å². The minimum atomic E-state index is -0.0922. The highest BCUT2D eigenvalue weighted by molar-refractivity contribution is 7.13. The lowest BCUT2D eigenvalue weighted by Crippen LogP contribution is -2.51. The van der Waals surface area contributed by atoms with Crippen molar-refractivity contribution in [1.29, 1.82) is 0 Å². The Balaban J connectivity index is 1.26. The van der Waals surface area contributed by atoms with Crippen LogP contribution in [0.4, 0.5) is 0 Å². The number of carbonyl (C=O) groups excluding carboxylic acids is 1. The van der Waals surface area contributed by atoms with Gasteiger partial charge in [0.15, 0.2) is 0 Å². The Labute approximate surface area is 157 Å². The fraction of sp³-hybridized carbons (Fsp3) is 0.550. The molecule has 1 unspecified atom stereocenters. The molecule has 140 valence electrons. The van der Waals surface area contributed by atoms with Crippen LogP contribution in [0.2, 0.25) is 0 Å². The largest absolute Gasteiger partial charge is 0.460 e. The summed E-state index contributed by atoms with van der Waals surface area (Å²) in [4.78, 5) is 13.5. The Morgan fingerprint density at radius 2 is 2.12 bits per heavy atom. The molecule has 2 aromatic rings. The van der Waals surface area contributed by atoms with Crippen molar-refractivity contribution >= 4 is 17.2 Å². The Morgan fingerprint density at radius 3 is 2.92 bits per heavy atom. The molecule has 6 heteroatoms. The molecule has 2 aliphatic rings. The van der Waals surface area contributed by atoms with Gasteiger partial charge < -0.3 is 19.2 Å². The SMILES string of the molecule is O=C(CCc1ccc(-c2cccs2)o1)NC1CCOC2(CCOCC2)C1. The Bertz CT molecular complexity index is 713. The molecule has 0 radical (unpaired) electrons. The maximum Gasteiger partial charge on any atom is 0.220 e. The third-order valence-electron chi connectivity index (χ3n) is 5.29. The van der Waals surface area contributed by atoms with Crippen LogP contribution in [0.1, 0.15) is 37.9 Å². The Morgan fingerprint density at radius 1 is 1.23 bits per heavy atom. The molecule has 4 heterocycles. The topological polar surface area (TPSA) is 60.7 Å². The van der Waals surface area contributed by atoms with Gasteiger partial charge in [0.25, 0.3) is 0 Å². The highest BCUT2D eigenvalue weighted by Gasteiger charge is 2.39. The van der Waals surface area contributed by atoms with Gasteiger partial charge >= 0.3 is 0 Å². The molecule has 1 atom stereocenters. The van der Waals surface area contributed by atoms with Gasteiger partial charge in [-0.3, -0.25) is 4.79 Å². The molecule has 2 aliphatic heterocycles. The van der Waals surface area contributed by atoms with E-state index in [0.717, 1.165) is 55.3 Å². The lowest BCUT2D eigenvalue weighted by molar-refractivity contribution is -0.144. The summed E-state index contributed by atoms with van der Waals surface area (Å²) in [5, 5.41) is 5.23. The lowest BCUT2D eigenvalue weighted by atomic mass is 9.84. The summed E-state index contributed by atoms with van der Waals surface area (Å²) in [6.07, 6.45) is 4.71. The molecule has 1 spiro atoms. The molecule has 0 aromatic carbocycles. The summed E-state index contributed by atoms with van der Waals surface area (Å²) in [7, 11) is 0. The van der Waals surface area contributed by atoms with Crippen LogP contribution >= 0.6 is 11.3 Å². The van der Waals surface area contributed by atoms with E-state index in [1.807, 2.05) is 29.6 Å². The fourth-order valence-electron chi connectivity index (χ4n) is 3.84. The number of thiophene rings is 1. The Kier molecular flexibility index (Phi) is 5.43. The maximum absolute atomic E-state index is 12.4. The van der Waals surface area contributed by atoms with Crippen LogP contribution in [0.15, 0.2) is 34.1 Å². The average molecular weight is 375 g/mol. The highest BCUT2D eigenvalue weighted by Crippen LogP contribution is 2.34. The number of hydrogen-bond acceptors (Lipinski definition) is 5. The minimum absolute atomic E-state index is 0.0909. The van der Waals surface area contributed by atoms with Crippen molar-refractivity contribution in [2.45, 2.75) is 50.2 Å².